The summed E-state index contributed by atoms with van der Waals surface area (Å²) in [4.78, 5) is 0. The van der Waals surface area contributed by atoms with Crippen LogP contribution in [-0.4, -0.2) is 5.11 Å². The van der Waals surface area contributed by atoms with Crippen LogP contribution in [0.4, 0.5) is 8.78 Å². The summed E-state index contributed by atoms with van der Waals surface area (Å²) in [5, 5.41) is 5.62. The smallest absolute Gasteiger partial charge is 0.318 e. The predicted octanol–water partition coefficient (Wildman–Crippen LogP) is 1.85. The minimum atomic E-state index is -1.98. The maximum absolute atomic E-state index is 10.8. The highest BCUT2D eigenvalue weighted by Gasteiger charge is 1.93. The Morgan fingerprint density at radius 2 is 1.67 bits per heavy atom. The van der Waals surface area contributed by atoms with Gasteiger partial charge < -0.3 is 5.11 Å². The standard InChI is InChI=1S/C2HClF2O/c3-1(4)2(5)6/h6H. The highest BCUT2D eigenvalue weighted by molar-refractivity contribution is 6.28. The topological polar surface area (TPSA) is 20.2 Å². The molecule has 0 aromatic rings. The number of aliphatic hydroxyl groups excluding tert-OH is 1. The van der Waals surface area contributed by atoms with Crippen LogP contribution < -0.4 is 0 Å². The molecule has 36 valence electrons. The Kier molecular flexibility index (Phi) is 1.87. The van der Waals surface area contributed by atoms with Gasteiger partial charge in [-0.2, -0.15) is 8.78 Å². The first-order valence-corrected chi connectivity index (χ1v) is 1.42. The average molecular weight is 114 g/mol. The minimum Gasteiger partial charge on any atom is -0.484 e. The lowest BCUT2D eigenvalue weighted by Gasteiger charge is -1.75. The molecule has 0 bridgehead atoms. The largest absolute Gasteiger partial charge is 0.484 e. The van der Waals surface area contributed by atoms with Crippen LogP contribution in [-0.2, 0) is 0 Å². The van der Waals surface area contributed by atoms with Gasteiger partial charge in [-0.3, -0.25) is 0 Å². The third-order valence-corrected chi connectivity index (χ3v) is 0.312. The van der Waals surface area contributed by atoms with Gasteiger partial charge in [0.15, 0.2) is 0 Å². The van der Waals surface area contributed by atoms with E-state index in [1.54, 1.807) is 0 Å². The van der Waals surface area contributed by atoms with E-state index in [9.17, 15) is 8.78 Å². The molecule has 0 aliphatic rings. The van der Waals surface area contributed by atoms with Crippen molar-refractivity contribution in [3.63, 3.8) is 0 Å². The molecule has 0 unspecified atom stereocenters. The molecule has 0 aromatic carbocycles. The zero-order valence-electron chi connectivity index (χ0n) is 2.58. The first kappa shape index (κ1) is 5.69. The van der Waals surface area contributed by atoms with Crippen molar-refractivity contribution in [3.8, 4) is 0 Å². The molecule has 1 N–H and O–H groups in total. The summed E-state index contributed by atoms with van der Waals surface area (Å²) in [5.41, 5.74) is 0. The van der Waals surface area contributed by atoms with Crippen molar-refractivity contribution in [1.29, 1.82) is 0 Å². The maximum atomic E-state index is 10.8. The molecule has 0 saturated heterocycles. The van der Waals surface area contributed by atoms with E-state index in [4.69, 9.17) is 5.11 Å². The molecule has 6 heavy (non-hydrogen) atoms. The van der Waals surface area contributed by atoms with Gasteiger partial charge in [0.25, 0.3) is 5.29 Å². The lowest BCUT2D eigenvalue weighted by Crippen LogP contribution is -1.64. The van der Waals surface area contributed by atoms with Crippen molar-refractivity contribution in [2.24, 2.45) is 0 Å². The highest BCUT2D eigenvalue weighted by Crippen LogP contribution is 2.07. The van der Waals surface area contributed by atoms with Crippen molar-refractivity contribution in [3.05, 3.63) is 11.3 Å². The Hall–Kier alpha value is -0.310. The van der Waals surface area contributed by atoms with E-state index in [-0.39, 0.29) is 0 Å². The number of rotatable bonds is 0. The second-order valence-electron chi connectivity index (χ2n) is 0.551. The van der Waals surface area contributed by atoms with Crippen LogP contribution in [0, 0.1) is 0 Å². The molecule has 0 heterocycles. The fraction of sp³-hybridized carbons (Fsp3) is 0. The summed E-state index contributed by atoms with van der Waals surface area (Å²) in [6, 6.07) is -1.98. The van der Waals surface area contributed by atoms with Crippen molar-refractivity contribution in [2.45, 2.75) is 0 Å². The highest BCUT2D eigenvalue weighted by atomic mass is 35.5. The van der Waals surface area contributed by atoms with Crippen LogP contribution in [0.5, 0.6) is 0 Å². The van der Waals surface area contributed by atoms with E-state index in [0.29, 0.717) is 0 Å². The van der Waals surface area contributed by atoms with Crippen LogP contribution in [0.15, 0.2) is 11.3 Å². The van der Waals surface area contributed by atoms with Gasteiger partial charge in [0, 0.05) is 0 Å². The van der Waals surface area contributed by atoms with Crippen molar-refractivity contribution in [2.75, 3.05) is 0 Å². The Morgan fingerprint density at radius 3 is 1.67 bits per heavy atom. The molecule has 0 radical (unpaired) electrons. The van der Waals surface area contributed by atoms with Crippen molar-refractivity contribution in [1.82, 2.24) is 0 Å². The Labute approximate surface area is 37.8 Å². The lowest BCUT2D eigenvalue weighted by molar-refractivity contribution is 0.267. The van der Waals surface area contributed by atoms with Crippen LogP contribution in [0.2, 0.25) is 0 Å². The third-order valence-electron chi connectivity index (χ3n) is 0.156. The summed E-state index contributed by atoms with van der Waals surface area (Å²) in [6.07, 6.45) is 0. The fourth-order valence-corrected chi connectivity index (χ4v) is 0. The zero-order valence-corrected chi connectivity index (χ0v) is 3.34. The molecule has 0 aromatic heterocycles. The van der Waals surface area contributed by atoms with E-state index in [1.807, 2.05) is 0 Å². The quantitative estimate of drug-likeness (QED) is 0.477. The van der Waals surface area contributed by atoms with Gasteiger partial charge in [0.1, 0.15) is 0 Å². The summed E-state index contributed by atoms with van der Waals surface area (Å²) in [7, 11) is 0. The molecule has 0 saturated carbocycles. The first-order valence-electron chi connectivity index (χ1n) is 1.04. The van der Waals surface area contributed by atoms with Gasteiger partial charge in [-0.15, -0.1) is 0 Å². The first-order chi connectivity index (χ1) is 2.64. The second-order valence-corrected chi connectivity index (χ2v) is 0.883. The van der Waals surface area contributed by atoms with Gasteiger partial charge in [0.05, 0.1) is 0 Å². The Morgan fingerprint density at radius 1 is 1.50 bits per heavy atom. The minimum absolute atomic E-state index is 1.71. The van der Waals surface area contributed by atoms with E-state index in [0.717, 1.165) is 0 Å². The number of aliphatic hydroxyl groups is 1. The van der Waals surface area contributed by atoms with Gasteiger partial charge in [0.2, 0.25) is 0 Å². The number of hydrogen-bond donors (Lipinski definition) is 1. The molecule has 0 fully saturated rings. The Bertz CT molecular complexity index is 61.6. The molecule has 1 nitrogen and oxygen atoms in total. The molecule has 0 atom stereocenters. The second kappa shape index (κ2) is 1.97. The maximum Gasteiger partial charge on any atom is 0.318 e. The van der Waals surface area contributed by atoms with Crippen LogP contribution >= 0.6 is 11.6 Å². The van der Waals surface area contributed by atoms with Crippen LogP contribution in [0.25, 0.3) is 0 Å². The summed E-state index contributed by atoms with van der Waals surface area (Å²) in [6.45, 7) is 0. The SMILES string of the molecule is OC(F)=C(F)Cl. The molecule has 0 aliphatic heterocycles. The van der Waals surface area contributed by atoms with Gasteiger partial charge in [-0.25, -0.2) is 0 Å². The van der Waals surface area contributed by atoms with Gasteiger partial charge >= 0.3 is 6.01 Å². The predicted molar refractivity (Wildman–Crippen MR) is 17.7 cm³/mol. The molecular weight excluding hydrogens is 113 g/mol. The third kappa shape index (κ3) is 1.96. The number of hydrogen-bond acceptors (Lipinski definition) is 1. The van der Waals surface area contributed by atoms with E-state index < -0.39 is 11.3 Å². The monoisotopic (exact) mass is 114 g/mol. The van der Waals surface area contributed by atoms with Crippen molar-refractivity contribution < 1.29 is 13.9 Å². The average Bonchev–Trinajstić information content (AvgIpc) is 1.36. The summed E-state index contributed by atoms with van der Waals surface area (Å²) in [5.74, 6) is 0. The Balaban J connectivity index is 3.68. The fourth-order valence-electron chi connectivity index (χ4n) is 0. The number of halogens is 3. The lowest BCUT2D eigenvalue weighted by atomic mass is 11.1. The molecular formula is C2HClF2O. The summed E-state index contributed by atoms with van der Waals surface area (Å²) >= 11 is 4.20. The summed E-state index contributed by atoms with van der Waals surface area (Å²) < 4.78 is 21.6. The zero-order chi connectivity index (χ0) is 5.15. The molecule has 4 heteroatoms. The van der Waals surface area contributed by atoms with Gasteiger partial charge in [-0.1, -0.05) is 0 Å². The van der Waals surface area contributed by atoms with E-state index in [1.165, 1.54) is 0 Å². The molecule has 0 amide bonds. The molecule has 0 aliphatic carbocycles. The molecule has 0 rings (SSSR count). The van der Waals surface area contributed by atoms with E-state index in [2.05, 4.69) is 11.6 Å². The van der Waals surface area contributed by atoms with Crippen LogP contribution in [0.3, 0.4) is 0 Å². The molecule has 0 spiro atoms. The van der Waals surface area contributed by atoms with Crippen molar-refractivity contribution >= 4 is 11.6 Å². The van der Waals surface area contributed by atoms with Gasteiger partial charge in [-0.05, 0) is 11.6 Å². The van der Waals surface area contributed by atoms with Crippen LogP contribution in [0.1, 0.15) is 0 Å². The normalized spacial score (nSPS) is 13.8. The van der Waals surface area contributed by atoms with E-state index >= 15 is 0 Å².